The van der Waals surface area contributed by atoms with Gasteiger partial charge < -0.3 is 14.4 Å². The molecule has 0 aliphatic carbocycles. The normalized spacial score (nSPS) is 10.2. The van der Waals surface area contributed by atoms with Crippen LogP contribution in [0.25, 0.3) is 0 Å². The molecule has 1 heterocycles. The summed E-state index contributed by atoms with van der Waals surface area (Å²) in [7, 11) is 0. The lowest BCUT2D eigenvalue weighted by Crippen LogP contribution is -2.06. The Kier molecular flexibility index (Phi) is 2.99. The minimum Gasteiger partial charge on any atom is -0.483 e. The van der Waals surface area contributed by atoms with Crippen molar-refractivity contribution in [1.29, 1.82) is 0 Å². The summed E-state index contributed by atoms with van der Waals surface area (Å²) in [6.45, 7) is -0.121. The lowest BCUT2D eigenvalue weighted by Gasteiger charge is -2.07. The molecule has 1 N–H and O–H groups in total. The van der Waals surface area contributed by atoms with Crippen molar-refractivity contribution < 1.29 is 23.6 Å². The van der Waals surface area contributed by atoms with Gasteiger partial charge in [-0.1, -0.05) is 11.2 Å². The Balaban J connectivity index is 2.21. The van der Waals surface area contributed by atoms with Crippen molar-refractivity contribution in [3.05, 3.63) is 41.8 Å². The van der Waals surface area contributed by atoms with E-state index in [0.717, 1.165) is 6.07 Å². The monoisotopic (exact) mass is 238 g/mol. The van der Waals surface area contributed by atoms with E-state index in [9.17, 15) is 9.18 Å². The number of nitrogens with zero attached hydrogens (tertiary/aromatic N) is 2. The molecule has 0 saturated carbocycles. The van der Waals surface area contributed by atoms with Crippen LogP contribution >= 0.6 is 0 Å². The Labute approximate surface area is 94.6 Å². The molecule has 17 heavy (non-hydrogen) atoms. The minimum absolute atomic E-state index is 0.0873. The van der Waals surface area contributed by atoms with Gasteiger partial charge in [-0.2, -0.15) is 4.98 Å². The zero-order chi connectivity index (χ0) is 12.3. The number of ether oxygens (including phenoxy) is 1. The zero-order valence-corrected chi connectivity index (χ0v) is 8.46. The van der Waals surface area contributed by atoms with Gasteiger partial charge in [0.1, 0.15) is 17.1 Å². The van der Waals surface area contributed by atoms with Crippen LogP contribution in [0.2, 0.25) is 0 Å². The van der Waals surface area contributed by atoms with E-state index in [0.29, 0.717) is 0 Å². The van der Waals surface area contributed by atoms with Gasteiger partial charge in [0.15, 0.2) is 12.9 Å². The average Bonchev–Trinajstić information content (AvgIpc) is 2.78. The molecule has 0 spiro atoms. The van der Waals surface area contributed by atoms with Crippen LogP contribution in [0, 0.1) is 5.82 Å². The van der Waals surface area contributed by atoms with E-state index >= 15 is 0 Å². The van der Waals surface area contributed by atoms with Gasteiger partial charge in [-0.3, -0.25) is 0 Å². The fraction of sp³-hybridized carbons (Fsp3) is 0.100. The van der Waals surface area contributed by atoms with Gasteiger partial charge in [0.2, 0.25) is 0 Å². The van der Waals surface area contributed by atoms with E-state index in [1.165, 1.54) is 18.5 Å². The first-order valence-corrected chi connectivity index (χ1v) is 4.58. The van der Waals surface area contributed by atoms with Crippen molar-refractivity contribution in [2.45, 2.75) is 6.61 Å². The van der Waals surface area contributed by atoms with Gasteiger partial charge in [-0.25, -0.2) is 9.18 Å². The van der Waals surface area contributed by atoms with Crippen LogP contribution in [0.4, 0.5) is 4.39 Å². The van der Waals surface area contributed by atoms with Crippen LogP contribution in [0.15, 0.2) is 29.0 Å². The predicted octanol–water partition coefficient (Wildman–Crippen LogP) is 1.49. The zero-order valence-electron chi connectivity index (χ0n) is 8.46. The molecule has 0 amide bonds. The fourth-order valence-corrected chi connectivity index (χ4v) is 1.23. The van der Waals surface area contributed by atoms with E-state index in [4.69, 9.17) is 9.84 Å². The number of halogens is 1. The van der Waals surface area contributed by atoms with Gasteiger partial charge in [0.05, 0.1) is 0 Å². The van der Waals surface area contributed by atoms with E-state index < -0.39 is 17.3 Å². The standard InChI is InChI=1S/C10H7FN2O4/c11-6-2-1-3-7(9(6)10(14)15)16-4-8-12-5-13-17-8/h1-3,5H,4H2,(H,14,15). The maximum Gasteiger partial charge on any atom is 0.342 e. The number of hydrogen-bond donors (Lipinski definition) is 1. The first-order chi connectivity index (χ1) is 8.18. The Bertz CT molecular complexity index is 527. The third kappa shape index (κ3) is 2.39. The molecule has 0 atom stereocenters. The van der Waals surface area contributed by atoms with E-state index in [2.05, 4.69) is 14.7 Å². The maximum atomic E-state index is 13.3. The summed E-state index contributed by atoms with van der Waals surface area (Å²) in [6, 6.07) is 3.75. The Morgan fingerprint density at radius 2 is 2.35 bits per heavy atom. The summed E-state index contributed by atoms with van der Waals surface area (Å²) in [4.78, 5) is 14.5. The third-order valence-electron chi connectivity index (χ3n) is 1.95. The van der Waals surface area contributed by atoms with Crippen LogP contribution in [-0.4, -0.2) is 21.2 Å². The number of hydrogen-bond acceptors (Lipinski definition) is 5. The number of aromatic carboxylic acids is 1. The quantitative estimate of drug-likeness (QED) is 0.868. The molecule has 2 aromatic rings. The molecule has 0 fully saturated rings. The molecule has 0 aliphatic heterocycles. The minimum atomic E-state index is -1.40. The highest BCUT2D eigenvalue weighted by Gasteiger charge is 2.17. The second-order valence-corrected chi connectivity index (χ2v) is 3.04. The molecule has 6 nitrogen and oxygen atoms in total. The number of carboxylic acid groups (broad SMARTS) is 1. The summed E-state index contributed by atoms with van der Waals surface area (Å²) < 4.78 is 23.0. The van der Waals surface area contributed by atoms with Crippen LogP contribution in [-0.2, 0) is 6.61 Å². The average molecular weight is 238 g/mol. The summed E-state index contributed by atoms with van der Waals surface area (Å²) in [5, 5.41) is 12.2. The van der Waals surface area contributed by atoms with Crippen molar-refractivity contribution >= 4 is 5.97 Å². The highest BCUT2D eigenvalue weighted by atomic mass is 19.1. The van der Waals surface area contributed by atoms with E-state index in [-0.39, 0.29) is 18.2 Å². The highest BCUT2D eigenvalue weighted by Crippen LogP contribution is 2.22. The summed E-state index contributed by atoms with van der Waals surface area (Å²) in [5.74, 6) is -2.18. The fourth-order valence-electron chi connectivity index (χ4n) is 1.23. The van der Waals surface area contributed by atoms with Crippen molar-refractivity contribution in [1.82, 2.24) is 10.1 Å². The van der Waals surface area contributed by atoms with Crippen molar-refractivity contribution in [3.8, 4) is 5.75 Å². The SMILES string of the molecule is O=C(O)c1c(F)cccc1OCc1ncno1. The molecule has 0 bridgehead atoms. The van der Waals surface area contributed by atoms with Gasteiger partial charge in [-0.05, 0) is 12.1 Å². The molecule has 0 radical (unpaired) electrons. The van der Waals surface area contributed by atoms with Gasteiger partial charge in [0.25, 0.3) is 5.89 Å². The van der Waals surface area contributed by atoms with Crippen molar-refractivity contribution in [3.63, 3.8) is 0 Å². The van der Waals surface area contributed by atoms with Gasteiger partial charge in [0, 0.05) is 0 Å². The smallest absolute Gasteiger partial charge is 0.342 e. The van der Waals surface area contributed by atoms with Gasteiger partial charge in [-0.15, -0.1) is 0 Å². The van der Waals surface area contributed by atoms with E-state index in [1.54, 1.807) is 0 Å². The van der Waals surface area contributed by atoms with Gasteiger partial charge >= 0.3 is 5.97 Å². The number of aromatic nitrogens is 2. The summed E-state index contributed by atoms with van der Waals surface area (Å²) in [6.07, 6.45) is 1.18. The topological polar surface area (TPSA) is 85.5 Å². The second-order valence-electron chi connectivity index (χ2n) is 3.04. The molecule has 2 rings (SSSR count). The molecule has 0 aliphatic rings. The van der Waals surface area contributed by atoms with Crippen LogP contribution in [0.1, 0.15) is 16.2 Å². The third-order valence-corrected chi connectivity index (χ3v) is 1.95. The largest absolute Gasteiger partial charge is 0.483 e. The Morgan fingerprint density at radius 1 is 1.53 bits per heavy atom. The molecule has 7 heteroatoms. The lowest BCUT2D eigenvalue weighted by atomic mass is 10.2. The number of carboxylic acids is 1. The summed E-state index contributed by atoms with van der Waals surface area (Å²) >= 11 is 0. The van der Waals surface area contributed by atoms with E-state index in [1.807, 2.05) is 0 Å². The first-order valence-electron chi connectivity index (χ1n) is 4.58. The van der Waals surface area contributed by atoms with Crippen molar-refractivity contribution in [2.24, 2.45) is 0 Å². The Morgan fingerprint density at radius 3 is 3.00 bits per heavy atom. The summed E-state index contributed by atoms with van der Waals surface area (Å²) in [5.41, 5.74) is -0.521. The first kappa shape index (κ1) is 11.1. The van der Waals surface area contributed by atoms with Crippen molar-refractivity contribution in [2.75, 3.05) is 0 Å². The number of benzene rings is 1. The number of rotatable bonds is 4. The Hall–Kier alpha value is -2.44. The molecular weight excluding hydrogens is 231 g/mol. The molecule has 0 unspecified atom stereocenters. The van der Waals surface area contributed by atoms with Crippen LogP contribution < -0.4 is 4.74 Å². The second kappa shape index (κ2) is 4.60. The molecule has 0 saturated heterocycles. The molecule has 1 aromatic heterocycles. The predicted molar refractivity (Wildman–Crippen MR) is 52.0 cm³/mol. The highest BCUT2D eigenvalue weighted by molar-refractivity contribution is 5.91. The van der Waals surface area contributed by atoms with Crippen LogP contribution in [0.3, 0.4) is 0 Å². The molecule has 88 valence electrons. The van der Waals surface area contributed by atoms with Crippen LogP contribution in [0.5, 0.6) is 5.75 Å². The molecule has 1 aromatic carbocycles. The number of carbonyl (C=O) groups is 1. The molecular formula is C10H7FN2O4. The maximum absolute atomic E-state index is 13.3. The lowest BCUT2D eigenvalue weighted by molar-refractivity contribution is 0.0685.